The summed E-state index contributed by atoms with van der Waals surface area (Å²) >= 11 is 0. The van der Waals surface area contributed by atoms with Crippen LogP contribution < -0.4 is 14.2 Å². The molecule has 3 rings (SSSR count). The number of phenols is 1. The molecule has 142 valence electrons. The highest BCUT2D eigenvalue weighted by molar-refractivity contribution is 7.92. The maximum atomic E-state index is 11.6. The third-order valence-electron chi connectivity index (χ3n) is 4.11. The van der Waals surface area contributed by atoms with E-state index in [2.05, 4.69) is 9.71 Å². The number of rotatable bonds is 5. The van der Waals surface area contributed by atoms with Crippen LogP contribution in [0.25, 0.3) is 22.2 Å². The van der Waals surface area contributed by atoms with Gasteiger partial charge < -0.3 is 14.6 Å². The molecule has 0 aliphatic heterocycles. The van der Waals surface area contributed by atoms with E-state index >= 15 is 0 Å². The van der Waals surface area contributed by atoms with Gasteiger partial charge in [-0.1, -0.05) is 0 Å². The van der Waals surface area contributed by atoms with E-state index in [0.29, 0.717) is 28.4 Å². The largest absolute Gasteiger partial charge is 0.504 e. The summed E-state index contributed by atoms with van der Waals surface area (Å²) in [5.74, 6) is 0.787. The Morgan fingerprint density at radius 2 is 1.74 bits per heavy atom. The summed E-state index contributed by atoms with van der Waals surface area (Å²) in [5, 5.41) is 10.6. The molecule has 0 fully saturated rings. The molecule has 2 aromatic carbocycles. The normalized spacial score (nSPS) is 11.4. The van der Waals surface area contributed by atoms with Crippen LogP contribution >= 0.6 is 0 Å². The highest BCUT2D eigenvalue weighted by Gasteiger charge is 2.14. The van der Waals surface area contributed by atoms with Gasteiger partial charge in [0.05, 0.1) is 37.4 Å². The molecule has 0 aliphatic rings. The Labute approximate surface area is 157 Å². The van der Waals surface area contributed by atoms with E-state index in [-0.39, 0.29) is 5.75 Å². The molecule has 0 saturated carbocycles. The summed E-state index contributed by atoms with van der Waals surface area (Å²) in [5.41, 5.74) is 3.42. The molecule has 0 unspecified atom stereocenters. The zero-order valence-corrected chi connectivity index (χ0v) is 16.2. The molecular weight excluding hydrogens is 368 g/mol. The van der Waals surface area contributed by atoms with Crippen molar-refractivity contribution in [1.82, 2.24) is 4.98 Å². The first-order valence-electron chi connectivity index (χ1n) is 8.06. The molecule has 0 radical (unpaired) electrons. The molecule has 27 heavy (non-hydrogen) atoms. The van der Waals surface area contributed by atoms with Gasteiger partial charge in [0.1, 0.15) is 5.75 Å². The van der Waals surface area contributed by atoms with Gasteiger partial charge in [-0.3, -0.25) is 4.72 Å². The predicted octanol–water partition coefficient (Wildman–Crippen LogP) is 3.30. The van der Waals surface area contributed by atoms with Gasteiger partial charge in [-0.2, -0.15) is 0 Å². The molecule has 3 aromatic rings. The van der Waals surface area contributed by atoms with E-state index in [1.54, 1.807) is 30.3 Å². The van der Waals surface area contributed by atoms with Crippen LogP contribution in [0.5, 0.6) is 17.2 Å². The first-order chi connectivity index (χ1) is 12.7. The Kier molecular flexibility index (Phi) is 4.84. The molecular formula is C19H20N2O5S. The van der Waals surface area contributed by atoms with Crippen molar-refractivity contribution in [3.05, 3.63) is 42.0 Å². The molecule has 0 amide bonds. The lowest BCUT2D eigenvalue weighted by atomic mass is 10.0. The average Bonchev–Trinajstić information content (AvgIpc) is 2.60. The Balaban J connectivity index is 2.18. The second kappa shape index (κ2) is 6.96. The summed E-state index contributed by atoms with van der Waals surface area (Å²) in [6.45, 7) is 1.92. The minimum absolute atomic E-state index is 0.0527. The monoisotopic (exact) mass is 388 g/mol. The molecule has 2 N–H and O–H groups in total. The Morgan fingerprint density at radius 3 is 2.37 bits per heavy atom. The number of anilines is 1. The van der Waals surface area contributed by atoms with Gasteiger partial charge in [0.25, 0.3) is 0 Å². The number of fused-ring (bicyclic) bond motifs is 1. The van der Waals surface area contributed by atoms with Crippen molar-refractivity contribution < 1.29 is 23.0 Å². The predicted molar refractivity (Wildman–Crippen MR) is 105 cm³/mol. The van der Waals surface area contributed by atoms with Crippen LogP contribution in [-0.2, 0) is 10.0 Å². The number of nitrogens with one attached hydrogen (secondary N) is 1. The summed E-state index contributed by atoms with van der Waals surface area (Å²) in [4.78, 5) is 4.66. The fourth-order valence-electron chi connectivity index (χ4n) is 2.86. The van der Waals surface area contributed by atoms with Crippen LogP contribution in [0.1, 0.15) is 5.56 Å². The Morgan fingerprint density at radius 1 is 1.04 bits per heavy atom. The number of methoxy groups -OCH3 is 2. The molecule has 8 heteroatoms. The number of aryl methyl sites for hydroxylation is 1. The van der Waals surface area contributed by atoms with E-state index in [0.717, 1.165) is 22.8 Å². The van der Waals surface area contributed by atoms with Crippen LogP contribution in [0.2, 0.25) is 0 Å². The number of sulfonamides is 1. The average molecular weight is 388 g/mol. The van der Waals surface area contributed by atoms with Crippen LogP contribution in [0.4, 0.5) is 5.69 Å². The molecule has 1 heterocycles. The SMILES string of the molecule is COc1cc(-c2cc(C)c3cc(NS(C)(=O)=O)c(OC)cc3n2)ccc1O. The van der Waals surface area contributed by atoms with Gasteiger partial charge in [0.15, 0.2) is 11.5 Å². The summed E-state index contributed by atoms with van der Waals surface area (Å²) in [6.07, 6.45) is 1.09. The molecule has 0 atom stereocenters. The number of pyridine rings is 1. The zero-order chi connectivity index (χ0) is 19.8. The first-order valence-corrected chi connectivity index (χ1v) is 9.95. The molecule has 0 aliphatic carbocycles. The van der Waals surface area contributed by atoms with Gasteiger partial charge in [-0.25, -0.2) is 13.4 Å². The number of aromatic hydroxyl groups is 1. The molecule has 7 nitrogen and oxygen atoms in total. The lowest BCUT2D eigenvalue weighted by Gasteiger charge is -2.14. The maximum absolute atomic E-state index is 11.6. The quantitative estimate of drug-likeness (QED) is 0.696. The fourth-order valence-corrected chi connectivity index (χ4v) is 3.41. The maximum Gasteiger partial charge on any atom is 0.229 e. The van der Waals surface area contributed by atoms with Crippen molar-refractivity contribution in [2.24, 2.45) is 0 Å². The fraction of sp³-hybridized carbons (Fsp3) is 0.211. The second-order valence-electron chi connectivity index (χ2n) is 6.15. The minimum atomic E-state index is -3.44. The topological polar surface area (TPSA) is 97.8 Å². The van der Waals surface area contributed by atoms with E-state index in [1.807, 2.05) is 13.0 Å². The van der Waals surface area contributed by atoms with Crippen LogP contribution in [0.15, 0.2) is 36.4 Å². The number of aromatic nitrogens is 1. The standard InChI is InChI=1S/C19H20N2O5S/c1-11-7-14(12-5-6-17(22)19(8-12)26-3)20-15-10-18(25-2)16(9-13(11)15)21-27(4,23)24/h5-10,21-22H,1-4H3. The highest BCUT2D eigenvalue weighted by atomic mass is 32.2. The minimum Gasteiger partial charge on any atom is -0.504 e. The van der Waals surface area contributed by atoms with E-state index < -0.39 is 10.0 Å². The van der Waals surface area contributed by atoms with Crippen molar-refractivity contribution in [2.75, 3.05) is 25.2 Å². The van der Waals surface area contributed by atoms with Crippen LogP contribution in [0.3, 0.4) is 0 Å². The summed E-state index contributed by atoms with van der Waals surface area (Å²) in [6, 6.07) is 10.3. The Bertz CT molecular complexity index is 1130. The molecule has 0 spiro atoms. The van der Waals surface area contributed by atoms with E-state index in [1.165, 1.54) is 14.2 Å². The summed E-state index contributed by atoms with van der Waals surface area (Å²) < 4.78 is 36.1. The third kappa shape index (κ3) is 3.90. The van der Waals surface area contributed by atoms with Gasteiger partial charge >= 0.3 is 0 Å². The number of nitrogens with zero attached hydrogens (tertiary/aromatic N) is 1. The van der Waals surface area contributed by atoms with Crippen molar-refractivity contribution in [1.29, 1.82) is 0 Å². The van der Waals surface area contributed by atoms with Gasteiger partial charge in [-0.05, 0) is 42.8 Å². The van der Waals surface area contributed by atoms with E-state index in [4.69, 9.17) is 9.47 Å². The number of hydrogen-bond donors (Lipinski definition) is 2. The number of ether oxygens (including phenoxy) is 2. The Hall–Kier alpha value is -3.00. The van der Waals surface area contributed by atoms with Gasteiger partial charge in [-0.15, -0.1) is 0 Å². The van der Waals surface area contributed by atoms with E-state index in [9.17, 15) is 13.5 Å². The molecule has 0 saturated heterocycles. The number of phenolic OH excluding ortho intramolecular Hbond substituents is 1. The lowest BCUT2D eigenvalue weighted by molar-refractivity contribution is 0.373. The van der Waals surface area contributed by atoms with Crippen LogP contribution in [0, 0.1) is 6.92 Å². The molecule has 1 aromatic heterocycles. The zero-order valence-electron chi connectivity index (χ0n) is 15.4. The summed E-state index contributed by atoms with van der Waals surface area (Å²) in [7, 11) is -0.489. The third-order valence-corrected chi connectivity index (χ3v) is 4.70. The number of benzene rings is 2. The van der Waals surface area contributed by atoms with Crippen molar-refractivity contribution in [2.45, 2.75) is 6.92 Å². The van der Waals surface area contributed by atoms with Crippen molar-refractivity contribution in [3.63, 3.8) is 0 Å². The van der Waals surface area contributed by atoms with Gasteiger partial charge in [0, 0.05) is 17.0 Å². The second-order valence-corrected chi connectivity index (χ2v) is 7.90. The van der Waals surface area contributed by atoms with Crippen molar-refractivity contribution >= 4 is 26.6 Å². The smallest absolute Gasteiger partial charge is 0.229 e. The lowest BCUT2D eigenvalue weighted by Crippen LogP contribution is -2.10. The van der Waals surface area contributed by atoms with Crippen LogP contribution in [-0.4, -0.2) is 39.0 Å². The van der Waals surface area contributed by atoms with Gasteiger partial charge in [0.2, 0.25) is 10.0 Å². The van der Waals surface area contributed by atoms with Crippen molar-refractivity contribution in [3.8, 4) is 28.5 Å². The molecule has 0 bridgehead atoms. The first kappa shape index (κ1) is 18.8. The number of hydrogen-bond acceptors (Lipinski definition) is 6. The highest BCUT2D eigenvalue weighted by Crippen LogP contribution is 2.35.